The summed E-state index contributed by atoms with van der Waals surface area (Å²) in [5.74, 6) is -0.776. The van der Waals surface area contributed by atoms with E-state index in [-0.39, 0.29) is 43.2 Å². The summed E-state index contributed by atoms with van der Waals surface area (Å²) in [6, 6.07) is 17.4. The number of non-ortho nitro benzene ring substituents is 1. The molecule has 0 saturated heterocycles. The molecule has 2 N–H and O–H groups in total. The number of esters is 1. The molecular weight excluding hydrogens is 574 g/mol. The van der Waals surface area contributed by atoms with Crippen LogP contribution in [0.25, 0.3) is 0 Å². The molecule has 13 heteroatoms. The predicted octanol–water partition coefficient (Wildman–Crippen LogP) is 5.74. The molecule has 0 saturated carbocycles. The van der Waals surface area contributed by atoms with E-state index in [0.717, 1.165) is 22.2 Å². The Balaban J connectivity index is 1.63. The predicted molar refractivity (Wildman–Crippen MR) is 149 cm³/mol. The molecule has 0 atom stereocenters. The van der Waals surface area contributed by atoms with Crippen LogP contribution in [-0.4, -0.2) is 34.0 Å². The third-order valence-electron chi connectivity index (χ3n) is 5.37. The summed E-state index contributed by atoms with van der Waals surface area (Å²) in [6.07, 6.45) is 0.396. The van der Waals surface area contributed by atoms with Crippen molar-refractivity contribution in [3.05, 3.63) is 103 Å². The lowest BCUT2D eigenvalue weighted by atomic mass is 10.1. The van der Waals surface area contributed by atoms with Gasteiger partial charge in [0.05, 0.1) is 15.9 Å². The van der Waals surface area contributed by atoms with Crippen molar-refractivity contribution in [3.8, 4) is 0 Å². The van der Waals surface area contributed by atoms with Crippen molar-refractivity contribution in [3.63, 3.8) is 0 Å². The van der Waals surface area contributed by atoms with E-state index in [4.69, 9.17) is 4.74 Å². The lowest BCUT2D eigenvalue weighted by Gasteiger charge is -2.10. The van der Waals surface area contributed by atoms with Crippen LogP contribution in [-0.2, 0) is 14.3 Å². The third-order valence-corrected chi connectivity index (χ3v) is 5.90. The Hall–Kier alpha value is -4.65. The third kappa shape index (κ3) is 9.00. The van der Waals surface area contributed by atoms with E-state index in [1.54, 1.807) is 36.4 Å². The molecule has 0 unspecified atom stereocenters. The smallest absolute Gasteiger partial charge is 0.306 e. The molecule has 0 aromatic heterocycles. The highest BCUT2D eigenvalue weighted by molar-refractivity contribution is 9.10. The van der Waals surface area contributed by atoms with E-state index in [9.17, 15) is 29.8 Å². The number of amides is 1. The molecule has 0 aliphatic carbocycles. The van der Waals surface area contributed by atoms with Gasteiger partial charge in [-0.2, -0.15) is 5.10 Å². The first kappa shape index (κ1) is 28.9. The number of ether oxygens (including phenoxy) is 1. The van der Waals surface area contributed by atoms with Crippen LogP contribution in [0.5, 0.6) is 0 Å². The Morgan fingerprint density at radius 1 is 0.949 bits per heavy atom. The van der Waals surface area contributed by atoms with Gasteiger partial charge in [-0.3, -0.25) is 35.2 Å². The van der Waals surface area contributed by atoms with Crippen LogP contribution in [0.4, 0.5) is 22.7 Å². The van der Waals surface area contributed by atoms with E-state index < -0.39 is 27.2 Å². The van der Waals surface area contributed by atoms with Crippen molar-refractivity contribution in [2.75, 3.05) is 17.3 Å². The topological polar surface area (TPSA) is 166 Å². The second kappa shape index (κ2) is 13.8. The first-order valence-electron chi connectivity index (χ1n) is 11.7. The number of nitro benzene ring substituents is 2. The zero-order chi connectivity index (χ0) is 28.4. The van der Waals surface area contributed by atoms with Gasteiger partial charge in [-0.25, -0.2) is 0 Å². The van der Waals surface area contributed by atoms with E-state index in [1.165, 1.54) is 6.07 Å². The Labute approximate surface area is 231 Å². The fraction of sp³-hybridized carbons (Fsp3) is 0.192. The van der Waals surface area contributed by atoms with E-state index in [1.807, 2.05) is 19.1 Å². The molecule has 0 fully saturated rings. The number of halogens is 1. The maximum absolute atomic E-state index is 12.3. The number of carbonyl (C=O) groups is 2. The lowest BCUT2D eigenvalue weighted by molar-refractivity contribution is -0.393. The molecule has 3 aromatic rings. The van der Waals surface area contributed by atoms with Crippen LogP contribution in [0.2, 0.25) is 0 Å². The van der Waals surface area contributed by atoms with E-state index in [0.29, 0.717) is 11.3 Å². The Bertz CT molecular complexity index is 1390. The van der Waals surface area contributed by atoms with Gasteiger partial charge in [0.1, 0.15) is 18.0 Å². The fourth-order valence-electron chi connectivity index (χ4n) is 3.30. The van der Waals surface area contributed by atoms with Crippen LogP contribution in [0.1, 0.15) is 30.4 Å². The number of hydrogen-bond donors (Lipinski definition) is 2. The minimum atomic E-state index is -0.765. The molecule has 1 amide bonds. The van der Waals surface area contributed by atoms with Crippen molar-refractivity contribution in [1.29, 1.82) is 0 Å². The molecule has 39 heavy (non-hydrogen) atoms. The molecule has 3 rings (SSSR count). The normalized spacial score (nSPS) is 11.0. The Morgan fingerprint density at radius 3 is 2.28 bits per heavy atom. The molecule has 12 nitrogen and oxygen atoms in total. The number of nitrogens with one attached hydrogen (secondary N) is 2. The summed E-state index contributed by atoms with van der Waals surface area (Å²) in [4.78, 5) is 45.4. The van der Waals surface area contributed by atoms with Gasteiger partial charge < -0.3 is 10.1 Å². The van der Waals surface area contributed by atoms with Gasteiger partial charge in [-0.05, 0) is 43.7 Å². The first-order chi connectivity index (χ1) is 18.6. The number of carbonyl (C=O) groups excluding carboxylic acids is 2. The number of hydrogen-bond acceptors (Lipinski definition) is 9. The molecule has 0 spiro atoms. The number of anilines is 2. The van der Waals surface area contributed by atoms with Crippen molar-refractivity contribution >= 4 is 56.3 Å². The highest BCUT2D eigenvalue weighted by Crippen LogP contribution is 2.29. The lowest BCUT2D eigenvalue weighted by Crippen LogP contribution is -2.17. The van der Waals surface area contributed by atoms with Gasteiger partial charge in [0.2, 0.25) is 5.91 Å². The quantitative estimate of drug-likeness (QED) is 0.115. The summed E-state index contributed by atoms with van der Waals surface area (Å²) < 4.78 is 6.14. The molecule has 0 radical (unpaired) electrons. The SMILES string of the molecule is Cc1ccc(NC(=O)CCCC(=O)OC/C(=N/Nc2ccc([N+](=O)[O-])cc2[N+](=O)[O-])c2ccc(Br)cc2)cc1. The highest BCUT2D eigenvalue weighted by Gasteiger charge is 2.20. The summed E-state index contributed by atoms with van der Waals surface area (Å²) in [7, 11) is 0. The Kier molecular flexibility index (Phi) is 10.2. The number of hydrazone groups is 1. The first-order valence-corrected chi connectivity index (χ1v) is 12.4. The summed E-state index contributed by atoms with van der Waals surface area (Å²) in [5.41, 5.74) is 4.06. The standard InChI is InChI=1S/C26H24BrN5O7/c1-17-5-11-20(12-6-17)28-25(33)3-2-4-26(34)39-16-23(18-7-9-19(27)10-8-18)30-29-22-14-13-21(31(35)36)15-24(22)32(37)38/h5-15,29H,2-4,16H2,1H3,(H,28,33)/b30-23-. The minimum Gasteiger partial charge on any atom is -0.459 e. The summed E-state index contributed by atoms with van der Waals surface area (Å²) in [5, 5.41) is 29.3. The number of nitro groups is 2. The Morgan fingerprint density at radius 2 is 1.64 bits per heavy atom. The van der Waals surface area contributed by atoms with Gasteiger partial charge >= 0.3 is 11.7 Å². The molecule has 3 aromatic carbocycles. The highest BCUT2D eigenvalue weighted by atomic mass is 79.9. The van der Waals surface area contributed by atoms with Gasteiger partial charge in [-0.15, -0.1) is 0 Å². The molecule has 0 bridgehead atoms. The zero-order valence-electron chi connectivity index (χ0n) is 20.8. The maximum Gasteiger partial charge on any atom is 0.306 e. The monoisotopic (exact) mass is 597 g/mol. The van der Waals surface area contributed by atoms with Crippen molar-refractivity contribution in [2.45, 2.75) is 26.2 Å². The zero-order valence-corrected chi connectivity index (χ0v) is 22.3. The van der Waals surface area contributed by atoms with Gasteiger partial charge in [0.25, 0.3) is 5.69 Å². The van der Waals surface area contributed by atoms with E-state index in [2.05, 4.69) is 31.8 Å². The van der Waals surface area contributed by atoms with Crippen LogP contribution < -0.4 is 10.7 Å². The second-order valence-corrected chi connectivity index (χ2v) is 9.24. The van der Waals surface area contributed by atoms with Gasteiger partial charge in [-0.1, -0.05) is 45.8 Å². The summed E-state index contributed by atoms with van der Waals surface area (Å²) in [6.45, 7) is 1.68. The van der Waals surface area contributed by atoms with Crippen LogP contribution in [0.3, 0.4) is 0 Å². The number of nitrogens with zero attached hydrogens (tertiary/aromatic N) is 3. The number of benzene rings is 3. The van der Waals surface area contributed by atoms with E-state index >= 15 is 0 Å². The van der Waals surface area contributed by atoms with Crippen LogP contribution >= 0.6 is 15.9 Å². The fourth-order valence-corrected chi connectivity index (χ4v) is 3.57. The largest absolute Gasteiger partial charge is 0.459 e. The molecule has 0 heterocycles. The maximum atomic E-state index is 12.3. The second-order valence-electron chi connectivity index (χ2n) is 8.32. The van der Waals surface area contributed by atoms with Gasteiger partial charge in [0.15, 0.2) is 0 Å². The van der Waals surface area contributed by atoms with Gasteiger partial charge in [0, 0.05) is 34.6 Å². The average molecular weight is 598 g/mol. The molecular formula is C26H24BrN5O7. The summed E-state index contributed by atoms with van der Waals surface area (Å²) >= 11 is 3.34. The minimum absolute atomic E-state index is 0.00378. The van der Waals surface area contributed by atoms with Crippen molar-refractivity contribution in [2.24, 2.45) is 5.10 Å². The number of aryl methyl sites for hydroxylation is 1. The van der Waals surface area contributed by atoms with Crippen molar-refractivity contribution in [1.82, 2.24) is 0 Å². The van der Waals surface area contributed by atoms with Crippen LogP contribution in [0.15, 0.2) is 76.3 Å². The number of rotatable bonds is 12. The molecule has 202 valence electrons. The van der Waals surface area contributed by atoms with Crippen molar-refractivity contribution < 1.29 is 24.2 Å². The molecule has 0 aliphatic rings. The average Bonchev–Trinajstić information content (AvgIpc) is 2.90. The van der Waals surface area contributed by atoms with Crippen LogP contribution in [0, 0.1) is 27.2 Å². The molecule has 0 aliphatic heterocycles.